The van der Waals surface area contributed by atoms with E-state index in [1.54, 1.807) is 13.0 Å². The van der Waals surface area contributed by atoms with Crippen LogP contribution >= 0.6 is 0 Å². The van der Waals surface area contributed by atoms with Gasteiger partial charge in [0, 0.05) is 5.69 Å². The van der Waals surface area contributed by atoms with Gasteiger partial charge in [-0.25, -0.2) is 4.98 Å². The van der Waals surface area contributed by atoms with Gasteiger partial charge in [-0.2, -0.15) is 4.98 Å². The summed E-state index contributed by atoms with van der Waals surface area (Å²) in [7, 11) is 0. The van der Waals surface area contributed by atoms with Crippen molar-refractivity contribution in [1.29, 1.82) is 0 Å². The molecular formula is C10H16N4O2. The maximum absolute atomic E-state index is 8.56. The summed E-state index contributed by atoms with van der Waals surface area (Å²) in [5, 5.41) is 11.4. The molecule has 0 aliphatic heterocycles. The second kappa shape index (κ2) is 5.29. The lowest BCUT2D eigenvalue weighted by molar-refractivity contribution is 0.198. The standard InChI is InChI=1S/C10H16N4O2/c1-4-7(3)16-10-12-6(2)5-8(13-10)9(11)14-15/h5,7,15H,4H2,1-3H3,(H2,11,14). The Labute approximate surface area is 94.2 Å². The normalized spacial score (nSPS) is 13.6. The van der Waals surface area contributed by atoms with Gasteiger partial charge in [0.05, 0.1) is 6.10 Å². The molecule has 0 saturated carbocycles. The molecule has 0 aliphatic carbocycles. The molecule has 1 heterocycles. The number of nitrogens with two attached hydrogens (primary N) is 1. The Bertz CT molecular complexity index is 392. The second-order valence-electron chi connectivity index (χ2n) is 3.50. The molecule has 0 amide bonds. The summed E-state index contributed by atoms with van der Waals surface area (Å²) < 4.78 is 5.47. The molecule has 0 fully saturated rings. The van der Waals surface area contributed by atoms with Crippen LogP contribution in [0.3, 0.4) is 0 Å². The molecule has 0 aromatic carbocycles. The van der Waals surface area contributed by atoms with Crippen molar-refractivity contribution in [3.63, 3.8) is 0 Å². The largest absolute Gasteiger partial charge is 0.460 e. The van der Waals surface area contributed by atoms with Gasteiger partial charge < -0.3 is 15.7 Å². The maximum Gasteiger partial charge on any atom is 0.317 e. The number of hydrogen-bond acceptors (Lipinski definition) is 5. The minimum Gasteiger partial charge on any atom is -0.460 e. The minimum absolute atomic E-state index is 0.0296. The third kappa shape index (κ3) is 3.08. The van der Waals surface area contributed by atoms with Crippen molar-refractivity contribution >= 4 is 5.84 Å². The molecule has 6 heteroatoms. The van der Waals surface area contributed by atoms with Crippen LogP contribution in [0.1, 0.15) is 31.7 Å². The van der Waals surface area contributed by atoms with E-state index in [0.717, 1.165) is 6.42 Å². The van der Waals surface area contributed by atoms with E-state index in [1.165, 1.54) is 0 Å². The number of rotatable bonds is 4. The van der Waals surface area contributed by atoms with Crippen LogP contribution in [0, 0.1) is 6.92 Å². The van der Waals surface area contributed by atoms with Crippen LogP contribution in [0.4, 0.5) is 0 Å². The lowest BCUT2D eigenvalue weighted by Gasteiger charge is -2.11. The Morgan fingerprint density at radius 3 is 2.88 bits per heavy atom. The van der Waals surface area contributed by atoms with Gasteiger partial charge in [0.1, 0.15) is 5.69 Å². The van der Waals surface area contributed by atoms with Crippen molar-refractivity contribution < 1.29 is 9.94 Å². The summed E-state index contributed by atoms with van der Waals surface area (Å²) in [6.07, 6.45) is 0.887. The molecule has 0 aliphatic rings. The Morgan fingerprint density at radius 1 is 1.62 bits per heavy atom. The van der Waals surface area contributed by atoms with Gasteiger partial charge in [0.2, 0.25) is 0 Å². The first-order chi connectivity index (χ1) is 7.56. The van der Waals surface area contributed by atoms with Crippen LogP contribution in [0.15, 0.2) is 11.2 Å². The molecular weight excluding hydrogens is 208 g/mol. The number of ether oxygens (including phenoxy) is 1. The average molecular weight is 224 g/mol. The zero-order valence-electron chi connectivity index (χ0n) is 9.64. The lowest BCUT2D eigenvalue weighted by atomic mass is 10.3. The van der Waals surface area contributed by atoms with E-state index in [-0.39, 0.29) is 18.0 Å². The highest BCUT2D eigenvalue weighted by atomic mass is 16.5. The molecule has 1 unspecified atom stereocenters. The average Bonchev–Trinajstić information content (AvgIpc) is 2.27. The Kier molecular flexibility index (Phi) is 4.04. The van der Waals surface area contributed by atoms with E-state index in [9.17, 15) is 0 Å². The molecule has 0 radical (unpaired) electrons. The fraction of sp³-hybridized carbons (Fsp3) is 0.500. The van der Waals surface area contributed by atoms with E-state index in [4.69, 9.17) is 15.7 Å². The number of nitrogens with zero attached hydrogens (tertiary/aromatic N) is 3. The van der Waals surface area contributed by atoms with E-state index in [0.29, 0.717) is 11.4 Å². The van der Waals surface area contributed by atoms with Gasteiger partial charge in [0.15, 0.2) is 5.84 Å². The van der Waals surface area contributed by atoms with Gasteiger partial charge in [-0.3, -0.25) is 0 Å². The second-order valence-corrected chi connectivity index (χ2v) is 3.50. The number of oxime groups is 1. The Balaban J connectivity index is 2.99. The predicted octanol–water partition coefficient (Wildman–Crippen LogP) is 1.06. The van der Waals surface area contributed by atoms with Gasteiger partial charge in [-0.1, -0.05) is 12.1 Å². The van der Waals surface area contributed by atoms with Crippen LogP contribution < -0.4 is 10.5 Å². The molecule has 0 bridgehead atoms. The summed E-state index contributed by atoms with van der Waals surface area (Å²) in [4.78, 5) is 8.16. The number of hydrogen-bond donors (Lipinski definition) is 2. The first-order valence-corrected chi connectivity index (χ1v) is 5.07. The Morgan fingerprint density at radius 2 is 2.31 bits per heavy atom. The van der Waals surface area contributed by atoms with Crippen LogP contribution in [0.25, 0.3) is 0 Å². The fourth-order valence-electron chi connectivity index (χ4n) is 1.04. The van der Waals surface area contributed by atoms with Crippen molar-refractivity contribution in [2.24, 2.45) is 10.9 Å². The van der Waals surface area contributed by atoms with Crippen LogP contribution in [0.2, 0.25) is 0 Å². The first kappa shape index (κ1) is 12.2. The van der Waals surface area contributed by atoms with Crippen molar-refractivity contribution in [2.75, 3.05) is 0 Å². The van der Waals surface area contributed by atoms with Crippen molar-refractivity contribution in [3.8, 4) is 6.01 Å². The highest BCUT2D eigenvalue weighted by Gasteiger charge is 2.09. The molecule has 3 N–H and O–H groups in total. The summed E-state index contributed by atoms with van der Waals surface area (Å²) >= 11 is 0. The van der Waals surface area contributed by atoms with Crippen molar-refractivity contribution in [3.05, 3.63) is 17.5 Å². The van der Waals surface area contributed by atoms with E-state index in [2.05, 4.69) is 15.1 Å². The zero-order chi connectivity index (χ0) is 12.1. The van der Waals surface area contributed by atoms with Gasteiger partial charge in [-0.05, 0) is 26.3 Å². The molecule has 1 rings (SSSR count). The van der Waals surface area contributed by atoms with Gasteiger partial charge >= 0.3 is 6.01 Å². The van der Waals surface area contributed by atoms with Crippen LogP contribution in [-0.4, -0.2) is 27.1 Å². The van der Waals surface area contributed by atoms with Gasteiger partial charge in [-0.15, -0.1) is 0 Å². The first-order valence-electron chi connectivity index (χ1n) is 5.07. The van der Waals surface area contributed by atoms with Crippen LogP contribution in [0.5, 0.6) is 6.01 Å². The topological polar surface area (TPSA) is 93.6 Å². The number of aromatic nitrogens is 2. The highest BCUT2D eigenvalue weighted by Crippen LogP contribution is 2.09. The monoisotopic (exact) mass is 224 g/mol. The highest BCUT2D eigenvalue weighted by molar-refractivity contribution is 5.95. The summed E-state index contributed by atoms with van der Waals surface area (Å²) in [5.74, 6) is -0.0560. The number of amidine groups is 1. The zero-order valence-corrected chi connectivity index (χ0v) is 9.64. The summed E-state index contributed by atoms with van der Waals surface area (Å²) in [5.41, 5.74) is 6.51. The minimum atomic E-state index is -0.0560. The molecule has 6 nitrogen and oxygen atoms in total. The van der Waals surface area contributed by atoms with Gasteiger partial charge in [0.25, 0.3) is 0 Å². The number of aryl methyl sites for hydroxylation is 1. The molecule has 88 valence electrons. The SMILES string of the molecule is CCC(C)Oc1nc(C)cc(/C(N)=N/O)n1. The molecule has 1 aromatic rings. The quantitative estimate of drug-likeness (QED) is 0.345. The molecule has 0 spiro atoms. The van der Waals surface area contributed by atoms with Crippen molar-refractivity contribution in [1.82, 2.24) is 9.97 Å². The maximum atomic E-state index is 8.56. The van der Waals surface area contributed by atoms with Crippen molar-refractivity contribution in [2.45, 2.75) is 33.3 Å². The van der Waals surface area contributed by atoms with E-state index >= 15 is 0 Å². The molecule has 16 heavy (non-hydrogen) atoms. The summed E-state index contributed by atoms with van der Waals surface area (Å²) in [6.45, 7) is 5.72. The van der Waals surface area contributed by atoms with E-state index < -0.39 is 0 Å². The Hall–Kier alpha value is -1.85. The smallest absolute Gasteiger partial charge is 0.317 e. The summed E-state index contributed by atoms with van der Waals surface area (Å²) in [6, 6.07) is 1.87. The lowest BCUT2D eigenvalue weighted by Crippen LogP contribution is -2.18. The third-order valence-corrected chi connectivity index (χ3v) is 2.09. The third-order valence-electron chi connectivity index (χ3n) is 2.09. The fourth-order valence-corrected chi connectivity index (χ4v) is 1.04. The van der Waals surface area contributed by atoms with Crippen LogP contribution in [-0.2, 0) is 0 Å². The predicted molar refractivity (Wildman–Crippen MR) is 59.7 cm³/mol. The molecule has 0 saturated heterocycles. The molecule has 1 atom stereocenters. The van der Waals surface area contributed by atoms with E-state index in [1.807, 2.05) is 13.8 Å². The molecule has 1 aromatic heterocycles.